The van der Waals surface area contributed by atoms with Gasteiger partial charge in [0, 0.05) is 24.7 Å². The van der Waals surface area contributed by atoms with Crippen LogP contribution in [0.25, 0.3) is 11.3 Å². The summed E-state index contributed by atoms with van der Waals surface area (Å²) in [4.78, 5) is 11.4. The van der Waals surface area contributed by atoms with Gasteiger partial charge in [0.1, 0.15) is 0 Å². The van der Waals surface area contributed by atoms with Crippen molar-refractivity contribution in [2.45, 2.75) is 13.5 Å². The minimum absolute atomic E-state index is 0.133. The molecular weight excluding hydrogens is 186 g/mol. The van der Waals surface area contributed by atoms with Crippen molar-refractivity contribution in [2.75, 3.05) is 0 Å². The van der Waals surface area contributed by atoms with Gasteiger partial charge in [0.05, 0.1) is 5.69 Å². The van der Waals surface area contributed by atoms with Crippen LogP contribution in [0, 0.1) is 0 Å². The lowest BCUT2D eigenvalue weighted by Gasteiger charge is -2.01. The molecular formula is C13H11NO. The molecule has 0 saturated heterocycles. The van der Waals surface area contributed by atoms with E-state index in [1.54, 1.807) is 6.92 Å². The SMILES string of the molecule is CC(=O)c1ccc2n1Cc1ccccc1-2. The molecule has 0 atom stereocenters. The van der Waals surface area contributed by atoms with Crippen LogP contribution < -0.4 is 0 Å². The van der Waals surface area contributed by atoms with Crippen molar-refractivity contribution in [1.82, 2.24) is 4.57 Å². The van der Waals surface area contributed by atoms with E-state index in [9.17, 15) is 4.79 Å². The van der Waals surface area contributed by atoms with Crippen LogP contribution >= 0.6 is 0 Å². The van der Waals surface area contributed by atoms with E-state index in [-0.39, 0.29) is 5.78 Å². The molecule has 2 aromatic rings. The Morgan fingerprint density at radius 2 is 2.00 bits per heavy atom. The fraction of sp³-hybridized carbons (Fsp3) is 0.154. The molecule has 1 aromatic carbocycles. The number of carbonyl (C=O) groups is 1. The van der Waals surface area contributed by atoms with E-state index >= 15 is 0 Å². The monoisotopic (exact) mass is 197 g/mol. The van der Waals surface area contributed by atoms with Crippen molar-refractivity contribution in [3.63, 3.8) is 0 Å². The summed E-state index contributed by atoms with van der Waals surface area (Å²) in [6.45, 7) is 2.44. The zero-order chi connectivity index (χ0) is 10.4. The maximum absolute atomic E-state index is 11.4. The Hall–Kier alpha value is -1.83. The molecule has 2 nitrogen and oxygen atoms in total. The van der Waals surface area contributed by atoms with E-state index in [1.165, 1.54) is 11.1 Å². The number of nitrogens with zero attached hydrogens (tertiary/aromatic N) is 1. The van der Waals surface area contributed by atoms with Crippen molar-refractivity contribution >= 4 is 5.78 Å². The van der Waals surface area contributed by atoms with Crippen LogP contribution in [0.1, 0.15) is 23.0 Å². The molecule has 0 radical (unpaired) electrons. The van der Waals surface area contributed by atoms with Crippen LogP contribution in [0.5, 0.6) is 0 Å². The predicted molar refractivity (Wildman–Crippen MR) is 59.0 cm³/mol. The van der Waals surface area contributed by atoms with E-state index in [0.717, 1.165) is 17.9 Å². The average molecular weight is 197 g/mol. The van der Waals surface area contributed by atoms with Crippen molar-refractivity contribution in [2.24, 2.45) is 0 Å². The van der Waals surface area contributed by atoms with Crippen molar-refractivity contribution in [1.29, 1.82) is 0 Å². The number of fused-ring (bicyclic) bond motifs is 3. The van der Waals surface area contributed by atoms with Gasteiger partial charge in [-0.25, -0.2) is 0 Å². The van der Waals surface area contributed by atoms with E-state index in [0.29, 0.717) is 0 Å². The summed E-state index contributed by atoms with van der Waals surface area (Å²) < 4.78 is 2.09. The molecule has 15 heavy (non-hydrogen) atoms. The third-order valence-electron chi connectivity index (χ3n) is 2.96. The van der Waals surface area contributed by atoms with Crippen molar-refractivity contribution < 1.29 is 4.79 Å². The highest BCUT2D eigenvalue weighted by Crippen LogP contribution is 2.33. The number of rotatable bonds is 1. The molecule has 0 bridgehead atoms. The second-order valence-corrected chi connectivity index (χ2v) is 3.90. The van der Waals surface area contributed by atoms with Crippen molar-refractivity contribution in [3.8, 4) is 11.3 Å². The number of ketones is 1. The predicted octanol–water partition coefficient (Wildman–Crippen LogP) is 2.72. The van der Waals surface area contributed by atoms with Crippen LogP contribution in [0.4, 0.5) is 0 Å². The Kier molecular flexibility index (Phi) is 1.60. The zero-order valence-electron chi connectivity index (χ0n) is 8.53. The second-order valence-electron chi connectivity index (χ2n) is 3.90. The van der Waals surface area contributed by atoms with E-state index < -0.39 is 0 Å². The maximum atomic E-state index is 11.4. The van der Waals surface area contributed by atoms with Crippen LogP contribution in [0.15, 0.2) is 36.4 Å². The molecule has 0 aliphatic carbocycles. The van der Waals surface area contributed by atoms with Gasteiger partial charge >= 0.3 is 0 Å². The molecule has 0 unspecified atom stereocenters. The van der Waals surface area contributed by atoms with Crippen molar-refractivity contribution in [3.05, 3.63) is 47.7 Å². The van der Waals surface area contributed by atoms with Gasteiger partial charge in [0.2, 0.25) is 0 Å². The van der Waals surface area contributed by atoms with Gasteiger partial charge in [0.15, 0.2) is 5.78 Å². The summed E-state index contributed by atoms with van der Waals surface area (Å²) in [5, 5.41) is 0. The number of benzene rings is 1. The molecule has 74 valence electrons. The first kappa shape index (κ1) is 8.48. The topological polar surface area (TPSA) is 22.0 Å². The average Bonchev–Trinajstić information content (AvgIpc) is 2.74. The largest absolute Gasteiger partial charge is 0.334 e. The molecule has 1 aliphatic heterocycles. The smallest absolute Gasteiger partial charge is 0.176 e. The normalized spacial score (nSPS) is 12.3. The van der Waals surface area contributed by atoms with Crippen LogP contribution in [-0.4, -0.2) is 10.4 Å². The highest BCUT2D eigenvalue weighted by molar-refractivity contribution is 5.94. The van der Waals surface area contributed by atoms with Gasteiger partial charge < -0.3 is 4.57 Å². The maximum Gasteiger partial charge on any atom is 0.176 e. The van der Waals surface area contributed by atoms with Crippen LogP contribution in [-0.2, 0) is 6.54 Å². The Bertz CT molecular complexity index is 551. The number of Topliss-reactive ketones (excluding diaryl/α,β-unsaturated/α-hetero) is 1. The van der Waals surface area contributed by atoms with Gasteiger partial charge in [-0.05, 0) is 17.7 Å². The van der Waals surface area contributed by atoms with E-state index in [4.69, 9.17) is 0 Å². The van der Waals surface area contributed by atoms with Crippen LogP contribution in [0.2, 0.25) is 0 Å². The molecule has 2 heteroatoms. The highest BCUT2D eigenvalue weighted by Gasteiger charge is 2.21. The van der Waals surface area contributed by atoms with E-state index in [1.807, 2.05) is 24.3 Å². The Morgan fingerprint density at radius 1 is 1.20 bits per heavy atom. The number of hydrogen-bond donors (Lipinski definition) is 0. The standard InChI is InChI=1S/C13H11NO/c1-9(15)12-6-7-13-11-5-3-2-4-10(11)8-14(12)13/h2-7H,8H2,1H3. The number of hydrogen-bond acceptors (Lipinski definition) is 1. The van der Waals surface area contributed by atoms with Gasteiger partial charge in [-0.1, -0.05) is 24.3 Å². The van der Waals surface area contributed by atoms with Crippen LogP contribution in [0.3, 0.4) is 0 Å². The second kappa shape index (κ2) is 2.83. The van der Waals surface area contributed by atoms with Gasteiger partial charge in [-0.3, -0.25) is 4.79 Å². The molecule has 1 aromatic heterocycles. The summed E-state index contributed by atoms with van der Waals surface area (Å²) in [5.74, 6) is 0.133. The first-order chi connectivity index (χ1) is 7.27. The Labute approximate surface area is 88.2 Å². The molecule has 3 rings (SSSR count). The summed E-state index contributed by atoms with van der Waals surface area (Å²) in [7, 11) is 0. The highest BCUT2D eigenvalue weighted by atomic mass is 16.1. The quantitative estimate of drug-likeness (QED) is 0.550. The fourth-order valence-electron chi connectivity index (χ4n) is 2.26. The molecule has 2 heterocycles. The molecule has 0 amide bonds. The minimum atomic E-state index is 0.133. The zero-order valence-corrected chi connectivity index (χ0v) is 8.53. The van der Waals surface area contributed by atoms with E-state index in [2.05, 4.69) is 16.7 Å². The lowest BCUT2D eigenvalue weighted by atomic mass is 10.1. The molecule has 1 aliphatic rings. The first-order valence-corrected chi connectivity index (χ1v) is 5.06. The summed E-state index contributed by atoms with van der Waals surface area (Å²) in [6, 6.07) is 12.2. The van der Waals surface area contributed by atoms with Gasteiger partial charge in [-0.2, -0.15) is 0 Å². The number of carbonyl (C=O) groups excluding carboxylic acids is 1. The molecule has 0 N–H and O–H groups in total. The minimum Gasteiger partial charge on any atom is -0.334 e. The van der Waals surface area contributed by atoms with Gasteiger partial charge in [-0.15, -0.1) is 0 Å². The third-order valence-corrected chi connectivity index (χ3v) is 2.96. The molecule has 0 fully saturated rings. The Balaban J connectivity index is 2.23. The third kappa shape index (κ3) is 1.08. The lowest BCUT2D eigenvalue weighted by Crippen LogP contribution is -2.03. The lowest BCUT2D eigenvalue weighted by molar-refractivity contribution is 0.101. The summed E-state index contributed by atoms with van der Waals surface area (Å²) in [5.41, 5.74) is 4.53. The summed E-state index contributed by atoms with van der Waals surface area (Å²) >= 11 is 0. The van der Waals surface area contributed by atoms with Gasteiger partial charge in [0.25, 0.3) is 0 Å². The molecule has 0 spiro atoms. The number of aromatic nitrogens is 1. The summed E-state index contributed by atoms with van der Waals surface area (Å²) in [6.07, 6.45) is 0. The first-order valence-electron chi connectivity index (χ1n) is 5.06. The fourth-order valence-corrected chi connectivity index (χ4v) is 2.26. The molecule has 0 saturated carbocycles. The Morgan fingerprint density at radius 3 is 2.80 bits per heavy atom.